The number of benzene rings is 2. The van der Waals surface area contributed by atoms with E-state index in [0.29, 0.717) is 29.2 Å². The lowest BCUT2D eigenvalue weighted by Gasteiger charge is -2.62. The molecule has 0 unspecified atom stereocenters. The Bertz CT molecular complexity index is 1980. The molecule has 2 N–H and O–H groups in total. The van der Waals surface area contributed by atoms with Crippen LogP contribution in [0.4, 0.5) is 10.5 Å². The minimum absolute atomic E-state index is 0.0218. The van der Waals surface area contributed by atoms with E-state index in [1.165, 1.54) is 56.8 Å². The number of rotatable bonds is 9. The molecule has 0 aliphatic carbocycles. The molecule has 1 atom stereocenters. The van der Waals surface area contributed by atoms with Gasteiger partial charge in [0.2, 0.25) is 5.88 Å². The van der Waals surface area contributed by atoms with E-state index in [0.717, 1.165) is 39.0 Å². The minimum atomic E-state index is -4.69. The molecule has 262 valence electrons. The number of aromatic nitrogens is 1. The van der Waals surface area contributed by atoms with Gasteiger partial charge in [-0.3, -0.25) is 9.69 Å². The molecule has 4 aliphatic heterocycles. The number of likely N-dealkylation sites (tertiary alicyclic amines) is 2. The van der Waals surface area contributed by atoms with Crippen molar-refractivity contribution in [1.82, 2.24) is 25.4 Å². The maximum Gasteiger partial charge on any atom is 0.318 e. The lowest BCUT2D eigenvalue weighted by molar-refractivity contribution is -0.123. The molecule has 14 nitrogen and oxygen atoms in total. The first-order valence-corrected chi connectivity index (χ1v) is 18.0. The van der Waals surface area contributed by atoms with Gasteiger partial charge in [0, 0.05) is 55.5 Å². The van der Waals surface area contributed by atoms with Crippen LogP contribution >= 0.6 is 0 Å². The summed E-state index contributed by atoms with van der Waals surface area (Å²) in [6.07, 6.45) is 3.69. The molecule has 3 saturated heterocycles. The van der Waals surface area contributed by atoms with Gasteiger partial charge in [-0.25, -0.2) is 18.2 Å². The van der Waals surface area contributed by atoms with Crippen LogP contribution in [0, 0.1) is 16.7 Å². The second kappa shape index (κ2) is 12.8. The third-order valence-electron chi connectivity index (χ3n) is 10.1. The standard InChI is InChI=1S/C35H39N7O7S/c1-4-49-31-26(6-5-13-38-31)35(39-33(44)41-21-34(22-41)19-40(20-34)24-11-14-37-15-12-24)27-16-23(18-36)7-9-28(27)42(32(35)43)50(45,46)30-10-8-25(47-2)17-29(30)48-3/h5-10,13,16-17,24,37H,4,11-12,14-15,19-22H2,1-3H3,(H,39,44)/t35-/m0/s1. The Morgan fingerprint density at radius 1 is 1.06 bits per heavy atom. The summed E-state index contributed by atoms with van der Waals surface area (Å²) < 4.78 is 46.4. The number of piperidine rings is 1. The number of nitrogens with one attached hydrogen (secondary N) is 2. The topological polar surface area (TPSA) is 166 Å². The van der Waals surface area contributed by atoms with Gasteiger partial charge in [0.1, 0.15) is 16.4 Å². The van der Waals surface area contributed by atoms with Crippen LogP contribution in [0.1, 0.15) is 36.5 Å². The maximum absolute atomic E-state index is 15.1. The van der Waals surface area contributed by atoms with Crippen LogP contribution in [0.25, 0.3) is 0 Å². The molecule has 50 heavy (non-hydrogen) atoms. The van der Waals surface area contributed by atoms with Crippen molar-refractivity contribution in [1.29, 1.82) is 5.26 Å². The van der Waals surface area contributed by atoms with E-state index in [4.69, 9.17) is 14.2 Å². The molecule has 1 spiro atoms. The quantitative estimate of drug-likeness (QED) is 0.337. The molecule has 3 amide bonds. The molecule has 2 aromatic carbocycles. The van der Waals surface area contributed by atoms with E-state index in [-0.39, 0.29) is 50.9 Å². The average Bonchev–Trinajstić information content (AvgIpc) is 3.34. The van der Waals surface area contributed by atoms with Gasteiger partial charge in [-0.1, -0.05) is 0 Å². The van der Waals surface area contributed by atoms with Crippen LogP contribution in [-0.4, -0.2) is 101 Å². The number of urea groups is 1. The van der Waals surface area contributed by atoms with Crippen LogP contribution in [-0.2, 0) is 20.4 Å². The Labute approximate surface area is 291 Å². The van der Waals surface area contributed by atoms with Crippen LogP contribution < -0.4 is 29.1 Å². The molecule has 1 aromatic heterocycles. The summed E-state index contributed by atoms with van der Waals surface area (Å²) in [5.41, 5.74) is -1.80. The van der Waals surface area contributed by atoms with E-state index in [9.17, 15) is 18.5 Å². The number of pyridine rings is 1. The third-order valence-corrected chi connectivity index (χ3v) is 11.9. The van der Waals surface area contributed by atoms with Gasteiger partial charge in [-0.2, -0.15) is 9.57 Å². The van der Waals surface area contributed by atoms with Crippen molar-refractivity contribution in [2.24, 2.45) is 5.41 Å². The molecule has 0 radical (unpaired) electrons. The van der Waals surface area contributed by atoms with Crippen molar-refractivity contribution >= 4 is 27.6 Å². The number of carbonyl (C=O) groups is 2. The highest BCUT2D eigenvalue weighted by Gasteiger charge is 2.61. The predicted octanol–water partition coefficient (Wildman–Crippen LogP) is 2.43. The monoisotopic (exact) mass is 701 g/mol. The number of amides is 3. The smallest absolute Gasteiger partial charge is 0.318 e. The number of anilines is 1. The summed E-state index contributed by atoms with van der Waals surface area (Å²) in [5.74, 6) is -0.646. The molecule has 4 aliphatic rings. The summed E-state index contributed by atoms with van der Waals surface area (Å²) in [6.45, 7) is 6.71. The van der Waals surface area contributed by atoms with Crippen molar-refractivity contribution < 1.29 is 32.2 Å². The van der Waals surface area contributed by atoms with Gasteiger partial charge in [-0.05, 0) is 75.3 Å². The van der Waals surface area contributed by atoms with Gasteiger partial charge < -0.3 is 29.7 Å². The zero-order chi connectivity index (χ0) is 35.3. The van der Waals surface area contributed by atoms with E-state index >= 15 is 4.79 Å². The number of sulfonamides is 1. The predicted molar refractivity (Wildman–Crippen MR) is 182 cm³/mol. The van der Waals surface area contributed by atoms with Gasteiger partial charge in [0.05, 0.1) is 43.7 Å². The van der Waals surface area contributed by atoms with Crippen molar-refractivity contribution in [3.8, 4) is 23.4 Å². The molecule has 0 bridgehead atoms. The molecule has 5 heterocycles. The first-order chi connectivity index (χ1) is 24.1. The maximum atomic E-state index is 15.1. The number of fused-ring (bicyclic) bond motifs is 1. The number of hydrogen-bond donors (Lipinski definition) is 2. The van der Waals surface area contributed by atoms with E-state index in [1.807, 2.05) is 0 Å². The highest BCUT2D eigenvalue weighted by atomic mass is 32.2. The number of nitriles is 1. The molecule has 3 aromatic rings. The van der Waals surface area contributed by atoms with E-state index in [2.05, 4.69) is 26.6 Å². The van der Waals surface area contributed by atoms with Crippen LogP contribution in [0.15, 0.2) is 59.6 Å². The zero-order valence-electron chi connectivity index (χ0n) is 28.1. The SMILES string of the molecule is CCOc1ncccc1[C@@]1(NC(=O)N2CC3(C2)CN(C2CCNCC2)C3)C(=O)N(S(=O)(=O)c2ccc(OC)cc2OC)c2ccc(C#N)cc21. The largest absolute Gasteiger partial charge is 0.497 e. The van der Waals surface area contributed by atoms with Gasteiger partial charge in [0.15, 0.2) is 5.54 Å². The lowest BCUT2D eigenvalue weighted by Crippen LogP contribution is -2.76. The van der Waals surface area contributed by atoms with E-state index < -0.39 is 27.5 Å². The summed E-state index contributed by atoms with van der Waals surface area (Å²) >= 11 is 0. The molecular formula is C35H39N7O7S. The van der Waals surface area contributed by atoms with Gasteiger partial charge >= 0.3 is 6.03 Å². The normalized spacial score (nSPS) is 21.5. The van der Waals surface area contributed by atoms with Crippen molar-refractivity contribution in [3.05, 3.63) is 71.4 Å². The Hall–Kier alpha value is -4.91. The van der Waals surface area contributed by atoms with Crippen molar-refractivity contribution in [2.75, 3.05) is 64.4 Å². The lowest BCUT2D eigenvalue weighted by atomic mass is 9.71. The van der Waals surface area contributed by atoms with E-state index in [1.54, 1.807) is 24.0 Å². The van der Waals surface area contributed by atoms with Gasteiger partial charge in [-0.15, -0.1) is 0 Å². The Morgan fingerprint density at radius 2 is 1.82 bits per heavy atom. The summed E-state index contributed by atoms with van der Waals surface area (Å²) in [5, 5.41) is 16.3. The third kappa shape index (κ3) is 5.29. The number of ether oxygens (including phenoxy) is 3. The second-order valence-corrected chi connectivity index (χ2v) is 14.9. The number of nitrogens with zero attached hydrogens (tertiary/aromatic N) is 5. The van der Waals surface area contributed by atoms with Crippen molar-refractivity contribution in [3.63, 3.8) is 0 Å². The molecular weight excluding hydrogens is 662 g/mol. The number of hydrogen-bond acceptors (Lipinski definition) is 11. The number of carbonyl (C=O) groups excluding carboxylic acids is 2. The van der Waals surface area contributed by atoms with Crippen LogP contribution in [0.2, 0.25) is 0 Å². The van der Waals surface area contributed by atoms with Gasteiger partial charge in [0.25, 0.3) is 15.9 Å². The first-order valence-electron chi connectivity index (χ1n) is 16.6. The highest BCUT2D eigenvalue weighted by Crippen LogP contribution is 2.50. The molecule has 3 fully saturated rings. The fraction of sp³-hybridized carbons (Fsp3) is 0.429. The van der Waals surface area contributed by atoms with Crippen LogP contribution in [0.3, 0.4) is 0 Å². The second-order valence-electron chi connectivity index (χ2n) is 13.1. The first kappa shape index (κ1) is 33.6. The summed E-state index contributed by atoms with van der Waals surface area (Å²) in [4.78, 5) is 37.6. The summed E-state index contributed by atoms with van der Waals surface area (Å²) in [7, 11) is -1.94. The summed E-state index contributed by atoms with van der Waals surface area (Å²) in [6, 6.07) is 13.6. The fourth-order valence-corrected chi connectivity index (χ4v) is 9.36. The Morgan fingerprint density at radius 3 is 2.50 bits per heavy atom. The minimum Gasteiger partial charge on any atom is -0.497 e. The Kier molecular flexibility index (Phi) is 8.57. The highest BCUT2D eigenvalue weighted by molar-refractivity contribution is 7.93. The van der Waals surface area contributed by atoms with Crippen molar-refractivity contribution in [2.45, 2.75) is 36.2 Å². The average molecular weight is 702 g/mol. The zero-order valence-corrected chi connectivity index (χ0v) is 29.0. The molecule has 7 rings (SSSR count). The Balaban J connectivity index is 1.30. The fourth-order valence-electron chi connectivity index (χ4n) is 7.75. The van der Waals surface area contributed by atoms with Crippen LogP contribution in [0.5, 0.6) is 17.4 Å². The number of methoxy groups -OCH3 is 2. The molecule has 0 saturated carbocycles. The molecule has 15 heteroatoms.